The van der Waals surface area contributed by atoms with Gasteiger partial charge in [0.15, 0.2) is 0 Å². The topological polar surface area (TPSA) is 43.8 Å². The van der Waals surface area contributed by atoms with E-state index in [1.54, 1.807) is 19.4 Å². The molecule has 1 aromatic rings. The Morgan fingerprint density at radius 2 is 2.41 bits per heavy atom. The van der Waals surface area contributed by atoms with Crippen LogP contribution < -0.4 is 4.74 Å². The van der Waals surface area contributed by atoms with E-state index in [1.807, 2.05) is 6.07 Å². The summed E-state index contributed by atoms with van der Waals surface area (Å²) in [5.41, 5.74) is 1.13. The van der Waals surface area contributed by atoms with E-state index in [4.69, 9.17) is 14.2 Å². The molecule has 120 valence electrons. The molecule has 3 rings (SSSR count). The Kier molecular flexibility index (Phi) is 5.08. The molecule has 0 N–H and O–H groups in total. The van der Waals surface area contributed by atoms with E-state index in [0.717, 1.165) is 38.1 Å². The van der Waals surface area contributed by atoms with Gasteiger partial charge in [0.05, 0.1) is 32.5 Å². The van der Waals surface area contributed by atoms with E-state index in [0.29, 0.717) is 18.5 Å². The van der Waals surface area contributed by atoms with Crippen LogP contribution in [0.15, 0.2) is 31.0 Å². The van der Waals surface area contributed by atoms with Crippen LogP contribution in [-0.2, 0) is 16.0 Å². The fourth-order valence-electron chi connectivity index (χ4n) is 3.51. The molecule has 5 nitrogen and oxygen atoms in total. The van der Waals surface area contributed by atoms with Crippen LogP contribution >= 0.6 is 0 Å². The number of ether oxygens (including phenoxy) is 3. The Bertz CT molecular complexity index is 508. The smallest absolute Gasteiger partial charge is 0.217 e. The predicted molar refractivity (Wildman–Crippen MR) is 83.9 cm³/mol. The van der Waals surface area contributed by atoms with Crippen molar-refractivity contribution in [1.82, 2.24) is 9.88 Å². The maximum absolute atomic E-state index is 5.99. The quantitative estimate of drug-likeness (QED) is 0.752. The number of hydrogen-bond acceptors (Lipinski definition) is 5. The van der Waals surface area contributed by atoms with Gasteiger partial charge >= 0.3 is 0 Å². The van der Waals surface area contributed by atoms with Gasteiger partial charge < -0.3 is 14.2 Å². The Hall–Kier alpha value is -1.43. The summed E-state index contributed by atoms with van der Waals surface area (Å²) in [7, 11) is 1.67. The van der Waals surface area contributed by atoms with Gasteiger partial charge in [-0.2, -0.15) is 0 Å². The van der Waals surface area contributed by atoms with Gasteiger partial charge in [-0.1, -0.05) is 12.1 Å². The highest BCUT2D eigenvalue weighted by atomic mass is 16.5. The molecule has 0 unspecified atom stereocenters. The Morgan fingerprint density at radius 3 is 3.23 bits per heavy atom. The zero-order valence-electron chi connectivity index (χ0n) is 13.1. The van der Waals surface area contributed by atoms with Crippen molar-refractivity contribution in [3.63, 3.8) is 0 Å². The van der Waals surface area contributed by atoms with Gasteiger partial charge in [-0.25, -0.2) is 4.98 Å². The van der Waals surface area contributed by atoms with Crippen LogP contribution in [0.25, 0.3) is 0 Å². The maximum atomic E-state index is 5.99. The van der Waals surface area contributed by atoms with Crippen LogP contribution in [0.5, 0.6) is 5.88 Å². The molecule has 0 spiro atoms. The molecule has 2 fully saturated rings. The van der Waals surface area contributed by atoms with Crippen LogP contribution in [0, 0.1) is 0 Å². The molecular weight excluding hydrogens is 280 g/mol. The number of pyridine rings is 1. The summed E-state index contributed by atoms with van der Waals surface area (Å²) in [6.07, 6.45) is 6.06. The minimum atomic E-state index is 0.163. The Balaban J connectivity index is 1.68. The number of hydrogen-bond donors (Lipinski definition) is 0. The van der Waals surface area contributed by atoms with E-state index >= 15 is 0 Å². The van der Waals surface area contributed by atoms with Crippen molar-refractivity contribution in [2.24, 2.45) is 0 Å². The molecule has 1 aromatic heterocycles. The van der Waals surface area contributed by atoms with Gasteiger partial charge in [0.1, 0.15) is 0 Å². The normalized spacial score (nSPS) is 28.3. The molecule has 22 heavy (non-hydrogen) atoms. The fourth-order valence-corrected chi connectivity index (χ4v) is 3.51. The van der Waals surface area contributed by atoms with Crippen LogP contribution in [0.3, 0.4) is 0 Å². The van der Waals surface area contributed by atoms with Gasteiger partial charge in [-0.05, 0) is 18.9 Å². The predicted octanol–water partition coefficient (Wildman–Crippen LogP) is 2.02. The van der Waals surface area contributed by atoms with Crippen LogP contribution in [0.2, 0.25) is 0 Å². The third-order valence-electron chi connectivity index (χ3n) is 4.50. The average Bonchev–Trinajstić information content (AvgIpc) is 2.97. The first-order chi connectivity index (χ1) is 10.8. The third-order valence-corrected chi connectivity index (χ3v) is 4.50. The SMILES string of the molecule is C=CCO[C@H]1CC[C@H]2[C@@H]1OCCN2Cc1cccnc1OC. The second-order valence-corrected chi connectivity index (χ2v) is 5.78. The van der Waals surface area contributed by atoms with Crippen molar-refractivity contribution in [2.45, 2.75) is 37.6 Å². The first kappa shape index (κ1) is 15.5. The molecule has 2 aliphatic rings. The van der Waals surface area contributed by atoms with E-state index in [-0.39, 0.29) is 12.2 Å². The molecule has 0 amide bonds. The first-order valence-electron chi connectivity index (χ1n) is 7.89. The fraction of sp³-hybridized carbons (Fsp3) is 0.588. The van der Waals surface area contributed by atoms with Crippen molar-refractivity contribution in [3.05, 3.63) is 36.5 Å². The largest absolute Gasteiger partial charge is 0.481 e. The lowest BCUT2D eigenvalue weighted by Gasteiger charge is -2.39. The monoisotopic (exact) mass is 304 g/mol. The second kappa shape index (κ2) is 7.22. The molecule has 1 aliphatic heterocycles. The Labute approximate surface area is 131 Å². The Morgan fingerprint density at radius 1 is 1.50 bits per heavy atom. The summed E-state index contributed by atoms with van der Waals surface area (Å²) in [6, 6.07) is 4.45. The van der Waals surface area contributed by atoms with E-state index in [1.165, 1.54) is 0 Å². The van der Waals surface area contributed by atoms with Gasteiger partial charge in [0.2, 0.25) is 5.88 Å². The highest BCUT2D eigenvalue weighted by Crippen LogP contribution is 2.33. The number of aromatic nitrogens is 1. The maximum Gasteiger partial charge on any atom is 0.217 e. The standard InChI is InChI=1S/C17H24N2O3/c1-3-10-21-15-7-6-14-16(15)22-11-9-19(14)12-13-5-4-8-18-17(13)20-2/h3-5,8,14-16H,1,6-7,9-12H2,2H3/t14-,15-,16-/m0/s1. The molecule has 0 aromatic carbocycles. The molecule has 1 aliphatic carbocycles. The summed E-state index contributed by atoms with van der Waals surface area (Å²) in [6.45, 7) is 6.84. The van der Waals surface area contributed by atoms with Gasteiger partial charge in [0, 0.05) is 30.9 Å². The van der Waals surface area contributed by atoms with Gasteiger partial charge in [-0.15, -0.1) is 6.58 Å². The lowest BCUT2D eigenvalue weighted by molar-refractivity contribution is -0.111. The van der Waals surface area contributed by atoms with Crippen molar-refractivity contribution < 1.29 is 14.2 Å². The molecule has 1 saturated heterocycles. The second-order valence-electron chi connectivity index (χ2n) is 5.78. The summed E-state index contributed by atoms with van der Waals surface area (Å²) >= 11 is 0. The van der Waals surface area contributed by atoms with Crippen LogP contribution in [0.1, 0.15) is 18.4 Å². The lowest BCUT2D eigenvalue weighted by Crippen LogP contribution is -2.51. The van der Waals surface area contributed by atoms with E-state index in [9.17, 15) is 0 Å². The van der Waals surface area contributed by atoms with Crippen molar-refractivity contribution in [2.75, 3.05) is 26.9 Å². The molecular formula is C17H24N2O3. The summed E-state index contributed by atoms with van der Waals surface area (Å²) < 4.78 is 17.2. The zero-order valence-corrected chi connectivity index (χ0v) is 13.1. The minimum Gasteiger partial charge on any atom is -0.481 e. The van der Waals surface area contributed by atoms with Crippen LogP contribution in [0.4, 0.5) is 0 Å². The van der Waals surface area contributed by atoms with Crippen molar-refractivity contribution in [3.8, 4) is 5.88 Å². The van der Waals surface area contributed by atoms with Gasteiger partial charge in [-0.3, -0.25) is 4.90 Å². The summed E-state index contributed by atoms with van der Waals surface area (Å²) in [4.78, 5) is 6.76. The molecule has 0 radical (unpaired) electrons. The first-order valence-corrected chi connectivity index (χ1v) is 7.89. The number of morpholine rings is 1. The molecule has 2 heterocycles. The number of nitrogens with zero attached hydrogens (tertiary/aromatic N) is 2. The third kappa shape index (κ3) is 3.16. The highest BCUT2D eigenvalue weighted by molar-refractivity contribution is 5.25. The van der Waals surface area contributed by atoms with Crippen LogP contribution in [-0.4, -0.2) is 55.0 Å². The van der Waals surface area contributed by atoms with E-state index < -0.39 is 0 Å². The van der Waals surface area contributed by atoms with Gasteiger partial charge in [0.25, 0.3) is 0 Å². The van der Waals surface area contributed by atoms with Crippen molar-refractivity contribution >= 4 is 0 Å². The molecule has 1 saturated carbocycles. The zero-order chi connectivity index (χ0) is 15.4. The number of methoxy groups -OCH3 is 1. The van der Waals surface area contributed by atoms with Crippen molar-refractivity contribution in [1.29, 1.82) is 0 Å². The lowest BCUT2D eigenvalue weighted by atomic mass is 10.1. The number of fused-ring (bicyclic) bond motifs is 1. The molecule has 5 heteroatoms. The molecule has 0 bridgehead atoms. The summed E-state index contributed by atoms with van der Waals surface area (Å²) in [5, 5.41) is 0. The highest BCUT2D eigenvalue weighted by Gasteiger charge is 2.43. The minimum absolute atomic E-state index is 0.163. The van der Waals surface area contributed by atoms with E-state index in [2.05, 4.69) is 22.5 Å². The average molecular weight is 304 g/mol. The summed E-state index contributed by atoms with van der Waals surface area (Å²) in [5.74, 6) is 0.711. The number of rotatable bonds is 6. The molecule has 3 atom stereocenters.